The summed E-state index contributed by atoms with van der Waals surface area (Å²) in [7, 11) is 2.00. The van der Waals surface area contributed by atoms with E-state index in [0.29, 0.717) is 12.5 Å². The van der Waals surface area contributed by atoms with Crippen molar-refractivity contribution in [2.24, 2.45) is 0 Å². The summed E-state index contributed by atoms with van der Waals surface area (Å²) in [6, 6.07) is 0.316. The van der Waals surface area contributed by atoms with Gasteiger partial charge in [0.1, 0.15) is 0 Å². The first-order valence-electron chi connectivity index (χ1n) is 8.10. The first kappa shape index (κ1) is 16.5. The average molecular weight is 268 g/mol. The summed E-state index contributed by atoms with van der Waals surface area (Å²) in [6.07, 6.45) is 11.6. The lowest BCUT2D eigenvalue weighted by Crippen LogP contribution is -2.49. The summed E-state index contributed by atoms with van der Waals surface area (Å²) in [5.41, 5.74) is 0.0610. The minimum absolute atomic E-state index is 0.0610. The lowest BCUT2D eigenvalue weighted by molar-refractivity contribution is -0.123. The number of hydrogen-bond donors (Lipinski definition) is 2. The molecule has 0 aromatic heterocycles. The van der Waals surface area contributed by atoms with Gasteiger partial charge in [-0.15, -0.1) is 0 Å². The van der Waals surface area contributed by atoms with E-state index in [1.165, 1.54) is 38.5 Å². The van der Waals surface area contributed by atoms with Crippen molar-refractivity contribution < 1.29 is 4.79 Å². The molecule has 0 aliphatic heterocycles. The Kier molecular flexibility index (Phi) is 7.44. The third kappa shape index (κ3) is 5.94. The van der Waals surface area contributed by atoms with E-state index in [1.807, 2.05) is 7.05 Å². The first-order chi connectivity index (χ1) is 9.12. The molecule has 0 saturated heterocycles. The van der Waals surface area contributed by atoms with E-state index in [1.54, 1.807) is 0 Å². The van der Waals surface area contributed by atoms with Crippen LogP contribution in [0.25, 0.3) is 0 Å². The van der Waals surface area contributed by atoms with Crippen LogP contribution in [0, 0.1) is 0 Å². The second-order valence-electron chi connectivity index (χ2n) is 6.23. The van der Waals surface area contributed by atoms with Gasteiger partial charge in [0.15, 0.2) is 0 Å². The Balaban J connectivity index is 2.32. The summed E-state index contributed by atoms with van der Waals surface area (Å²) < 4.78 is 0. The Morgan fingerprint density at radius 1 is 1.21 bits per heavy atom. The molecule has 0 aromatic carbocycles. The van der Waals surface area contributed by atoms with Gasteiger partial charge in [-0.05, 0) is 33.2 Å². The molecule has 19 heavy (non-hydrogen) atoms. The van der Waals surface area contributed by atoms with Crippen molar-refractivity contribution in [1.82, 2.24) is 10.6 Å². The van der Waals surface area contributed by atoms with E-state index in [-0.39, 0.29) is 11.4 Å². The van der Waals surface area contributed by atoms with Crippen LogP contribution in [0.4, 0.5) is 0 Å². The van der Waals surface area contributed by atoms with Crippen LogP contribution in [0.15, 0.2) is 0 Å². The van der Waals surface area contributed by atoms with Crippen LogP contribution in [-0.2, 0) is 4.79 Å². The van der Waals surface area contributed by atoms with Crippen molar-refractivity contribution in [3.8, 4) is 0 Å². The van der Waals surface area contributed by atoms with Gasteiger partial charge in [0.25, 0.3) is 0 Å². The minimum Gasteiger partial charge on any atom is -0.354 e. The summed E-state index contributed by atoms with van der Waals surface area (Å²) in [5, 5.41) is 6.58. The lowest BCUT2D eigenvalue weighted by Gasteiger charge is -2.37. The van der Waals surface area contributed by atoms with Crippen LogP contribution in [0.3, 0.4) is 0 Å². The topological polar surface area (TPSA) is 41.1 Å². The highest BCUT2D eigenvalue weighted by Gasteiger charge is 2.32. The SMILES string of the molecule is CCCCCC(C)NC(=O)CC1(NC)CCCCC1. The minimum atomic E-state index is 0.0610. The van der Waals surface area contributed by atoms with E-state index in [4.69, 9.17) is 0 Å². The standard InChI is InChI=1S/C16H32N2O/c1-4-5-7-10-14(2)18-15(19)13-16(17-3)11-8-6-9-12-16/h14,17H,4-13H2,1-3H3,(H,18,19). The van der Waals surface area contributed by atoms with Crippen LogP contribution in [0.1, 0.15) is 78.1 Å². The largest absolute Gasteiger partial charge is 0.354 e. The molecule has 1 amide bonds. The molecule has 0 heterocycles. The Labute approximate surface area is 118 Å². The molecule has 1 atom stereocenters. The molecule has 1 unspecified atom stereocenters. The number of carbonyl (C=O) groups is 1. The molecule has 3 heteroatoms. The summed E-state index contributed by atoms with van der Waals surface area (Å²) >= 11 is 0. The van der Waals surface area contributed by atoms with Gasteiger partial charge in [-0.1, -0.05) is 45.4 Å². The summed E-state index contributed by atoms with van der Waals surface area (Å²) in [6.45, 7) is 4.34. The maximum atomic E-state index is 12.2. The second-order valence-corrected chi connectivity index (χ2v) is 6.23. The quantitative estimate of drug-likeness (QED) is 0.663. The van der Waals surface area contributed by atoms with Gasteiger partial charge < -0.3 is 10.6 Å². The van der Waals surface area contributed by atoms with Crippen LogP contribution >= 0.6 is 0 Å². The van der Waals surface area contributed by atoms with Crippen molar-refractivity contribution in [2.75, 3.05) is 7.05 Å². The molecule has 112 valence electrons. The van der Waals surface area contributed by atoms with E-state index >= 15 is 0 Å². The molecule has 2 N–H and O–H groups in total. The van der Waals surface area contributed by atoms with E-state index in [9.17, 15) is 4.79 Å². The molecule has 0 bridgehead atoms. The van der Waals surface area contributed by atoms with Crippen LogP contribution < -0.4 is 10.6 Å². The van der Waals surface area contributed by atoms with Crippen molar-refractivity contribution in [2.45, 2.75) is 89.6 Å². The van der Waals surface area contributed by atoms with Crippen molar-refractivity contribution >= 4 is 5.91 Å². The van der Waals surface area contributed by atoms with E-state index in [0.717, 1.165) is 19.3 Å². The van der Waals surface area contributed by atoms with Gasteiger partial charge in [0, 0.05) is 18.0 Å². The molecular formula is C16H32N2O. The van der Waals surface area contributed by atoms with E-state index in [2.05, 4.69) is 24.5 Å². The summed E-state index contributed by atoms with van der Waals surface area (Å²) in [5.74, 6) is 0.222. The lowest BCUT2D eigenvalue weighted by atomic mass is 9.79. The molecule has 0 spiro atoms. The number of rotatable bonds is 8. The van der Waals surface area contributed by atoms with Gasteiger partial charge in [0.05, 0.1) is 0 Å². The molecule has 3 nitrogen and oxygen atoms in total. The van der Waals surface area contributed by atoms with Gasteiger partial charge >= 0.3 is 0 Å². The van der Waals surface area contributed by atoms with Crippen molar-refractivity contribution in [1.29, 1.82) is 0 Å². The fourth-order valence-electron chi connectivity index (χ4n) is 3.15. The van der Waals surface area contributed by atoms with Crippen molar-refractivity contribution in [3.05, 3.63) is 0 Å². The second kappa shape index (κ2) is 8.57. The summed E-state index contributed by atoms with van der Waals surface area (Å²) in [4.78, 5) is 12.2. The highest BCUT2D eigenvalue weighted by molar-refractivity contribution is 5.77. The van der Waals surface area contributed by atoms with Gasteiger partial charge in [0.2, 0.25) is 5.91 Å². The van der Waals surface area contributed by atoms with Crippen LogP contribution in [0.5, 0.6) is 0 Å². The van der Waals surface area contributed by atoms with E-state index < -0.39 is 0 Å². The number of amides is 1. The van der Waals surface area contributed by atoms with Gasteiger partial charge in [-0.2, -0.15) is 0 Å². The molecule has 1 aliphatic rings. The number of unbranched alkanes of at least 4 members (excludes halogenated alkanes) is 2. The highest BCUT2D eigenvalue weighted by Crippen LogP contribution is 2.30. The maximum absolute atomic E-state index is 12.2. The molecule has 1 aliphatic carbocycles. The number of hydrogen-bond acceptors (Lipinski definition) is 2. The Morgan fingerprint density at radius 3 is 2.47 bits per heavy atom. The predicted molar refractivity (Wildman–Crippen MR) is 81.2 cm³/mol. The number of carbonyl (C=O) groups excluding carboxylic acids is 1. The smallest absolute Gasteiger partial charge is 0.222 e. The zero-order chi connectivity index (χ0) is 14.1. The molecule has 1 fully saturated rings. The van der Waals surface area contributed by atoms with Gasteiger partial charge in [-0.3, -0.25) is 4.79 Å². The van der Waals surface area contributed by atoms with Crippen LogP contribution in [-0.4, -0.2) is 24.5 Å². The molecule has 0 radical (unpaired) electrons. The van der Waals surface area contributed by atoms with Crippen LogP contribution in [0.2, 0.25) is 0 Å². The Morgan fingerprint density at radius 2 is 1.89 bits per heavy atom. The zero-order valence-corrected chi connectivity index (χ0v) is 13.1. The normalized spacial score (nSPS) is 19.9. The number of nitrogens with one attached hydrogen (secondary N) is 2. The Hall–Kier alpha value is -0.570. The third-order valence-corrected chi connectivity index (χ3v) is 4.49. The van der Waals surface area contributed by atoms with Crippen molar-refractivity contribution in [3.63, 3.8) is 0 Å². The first-order valence-corrected chi connectivity index (χ1v) is 8.10. The third-order valence-electron chi connectivity index (χ3n) is 4.49. The maximum Gasteiger partial charge on any atom is 0.222 e. The Bertz CT molecular complexity index is 259. The fourth-order valence-corrected chi connectivity index (χ4v) is 3.15. The zero-order valence-electron chi connectivity index (χ0n) is 13.1. The predicted octanol–water partition coefficient (Wildman–Crippen LogP) is 3.38. The van der Waals surface area contributed by atoms with Gasteiger partial charge in [-0.25, -0.2) is 0 Å². The molecule has 0 aromatic rings. The monoisotopic (exact) mass is 268 g/mol. The fraction of sp³-hybridized carbons (Fsp3) is 0.938. The molecule has 1 saturated carbocycles. The molecule has 1 rings (SSSR count). The highest BCUT2D eigenvalue weighted by atomic mass is 16.1. The molecular weight excluding hydrogens is 236 g/mol. The average Bonchev–Trinajstić information content (AvgIpc) is 2.40.